The van der Waals surface area contributed by atoms with Crippen molar-refractivity contribution in [1.82, 2.24) is 10.3 Å². The Labute approximate surface area is 167 Å². The number of aromatic nitrogens is 1. The van der Waals surface area contributed by atoms with Gasteiger partial charge in [0.2, 0.25) is 0 Å². The molecule has 0 aliphatic carbocycles. The maximum atomic E-state index is 14.3. The van der Waals surface area contributed by atoms with Gasteiger partial charge >= 0.3 is 6.18 Å². The number of rotatable bonds is 5. The molecule has 3 rings (SSSR count). The number of nitro benzene ring substituents is 1. The van der Waals surface area contributed by atoms with E-state index < -0.39 is 40.1 Å². The van der Waals surface area contributed by atoms with Gasteiger partial charge in [-0.25, -0.2) is 4.39 Å². The van der Waals surface area contributed by atoms with E-state index in [1.165, 1.54) is 24.4 Å². The lowest BCUT2D eigenvalue weighted by Crippen LogP contribution is -2.30. The molecule has 1 amide bonds. The number of carbonyl (C=O) groups is 1. The highest BCUT2D eigenvalue weighted by Gasteiger charge is 2.31. The average molecular weight is 418 g/mol. The summed E-state index contributed by atoms with van der Waals surface area (Å²) in [7, 11) is 0. The number of benzene rings is 2. The molecule has 30 heavy (non-hydrogen) atoms. The Morgan fingerprint density at radius 2 is 1.87 bits per heavy atom. The number of halogens is 4. The van der Waals surface area contributed by atoms with Crippen molar-refractivity contribution >= 4 is 11.6 Å². The Bertz CT molecular complexity index is 1090. The predicted octanol–water partition coefficient (Wildman–Crippen LogP) is 4.47. The third-order valence-corrected chi connectivity index (χ3v) is 4.15. The Kier molecular flexibility index (Phi) is 5.77. The Balaban J connectivity index is 1.99. The molecule has 1 N–H and O–H groups in total. The van der Waals surface area contributed by atoms with Gasteiger partial charge in [-0.05, 0) is 42.0 Å². The number of alkyl halides is 3. The molecule has 1 aromatic heterocycles. The van der Waals surface area contributed by atoms with Crippen LogP contribution in [0.1, 0.15) is 33.2 Å². The molecule has 6 nitrogen and oxygen atoms in total. The minimum atomic E-state index is -4.56. The number of carbonyl (C=O) groups excluding carboxylic acids is 1. The summed E-state index contributed by atoms with van der Waals surface area (Å²) >= 11 is 0. The van der Waals surface area contributed by atoms with Gasteiger partial charge in [-0.15, -0.1) is 0 Å². The van der Waals surface area contributed by atoms with Gasteiger partial charge in [-0.1, -0.05) is 12.1 Å². The molecular weight excluding hydrogens is 406 g/mol. The molecule has 0 saturated heterocycles. The lowest BCUT2D eigenvalue weighted by molar-refractivity contribution is -0.385. The minimum absolute atomic E-state index is 0.103. The molecule has 1 radical (unpaired) electrons. The van der Waals surface area contributed by atoms with Gasteiger partial charge in [-0.2, -0.15) is 13.2 Å². The lowest BCUT2D eigenvalue weighted by atomic mass is 10.00. The van der Waals surface area contributed by atoms with Crippen molar-refractivity contribution in [3.05, 3.63) is 105 Å². The number of pyridine rings is 1. The van der Waals surface area contributed by atoms with E-state index in [1.807, 2.05) is 0 Å². The van der Waals surface area contributed by atoms with E-state index in [4.69, 9.17) is 0 Å². The molecule has 153 valence electrons. The quantitative estimate of drug-likeness (QED) is 0.377. The lowest BCUT2D eigenvalue weighted by Gasteiger charge is -2.20. The summed E-state index contributed by atoms with van der Waals surface area (Å²) < 4.78 is 52.9. The number of amides is 1. The highest BCUT2D eigenvalue weighted by Crippen LogP contribution is 2.31. The maximum absolute atomic E-state index is 14.3. The van der Waals surface area contributed by atoms with Crippen LogP contribution in [0.3, 0.4) is 0 Å². The van der Waals surface area contributed by atoms with Crippen LogP contribution < -0.4 is 5.32 Å². The van der Waals surface area contributed by atoms with Crippen LogP contribution in [0, 0.1) is 22.0 Å². The van der Waals surface area contributed by atoms with Gasteiger partial charge in [0.05, 0.1) is 22.6 Å². The first-order valence-electron chi connectivity index (χ1n) is 8.41. The van der Waals surface area contributed by atoms with Crippen molar-refractivity contribution in [2.24, 2.45) is 0 Å². The van der Waals surface area contributed by atoms with Crippen molar-refractivity contribution < 1.29 is 27.3 Å². The summed E-state index contributed by atoms with van der Waals surface area (Å²) in [6.07, 6.45) is -3.29. The van der Waals surface area contributed by atoms with Crippen molar-refractivity contribution in [1.29, 1.82) is 0 Å². The van der Waals surface area contributed by atoms with Gasteiger partial charge in [0, 0.05) is 17.8 Å². The Morgan fingerprint density at radius 1 is 1.17 bits per heavy atom. The second-order valence-electron chi connectivity index (χ2n) is 6.12. The fraction of sp³-hybridized carbons (Fsp3) is 0.100. The Hall–Kier alpha value is -3.82. The zero-order valence-corrected chi connectivity index (χ0v) is 15.0. The molecule has 1 atom stereocenters. The first-order chi connectivity index (χ1) is 14.2. The summed E-state index contributed by atoms with van der Waals surface area (Å²) in [5.41, 5.74) is -1.54. The molecule has 0 aliphatic rings. The molecule has 10 heteroatoms. The highest BCUT2D eigenvalue weighted by atomic mass is 19.4. The van der Waals surface area contributed by atoms with E-state index in [2.05, 4.69) is 16.4 Å². The van der Waals surface area contributed by atoms with E-state index in [9.17, 15) is 32.5 Å². The van der Waals surface area contributed by atoms with E-state index in [0.29, 0.717) is 0 Å². The number of nitrogens with one attached hydrogen (secondary N) is 1. The zero-order valence-electron chi connectivity index (χ0n) is 15.0. The summed E-state index contributed by atoms with van der Waals surface area (Å²) in [6, 6.07) is 10.8. The number of nitro groups is 1. The molecular formula is C20H12F4N3O3. The minimum Gasteiger partial charge on any atom is -0.339 e. The fourth-order valence-electron chi connectivity index (χ4n) is 2.70. The van der Waals surface area contributed by atoms with Gasteiger partial charge in [0.1, 0.15) is 11.5 Å². The molecule has 3 aromatic rings. The largest absolute Gasteiger partial charge is 0.416 e. The van der Waals surface area contributed by atoms with Gasteiger partial charge in [0.25, 0.3) is 11.6 Å². The summed E-state index contributed by atoms with van der Waals surface area (Å²) in [5, 5.41) is 13.4. The van der Waals surface area contributed by atoms with Crippen LogP contribution in [-0.2, 0) is 6.18 Å². The molecule has 1 heterocycles. The maximum Gasteiger partial charge on any atom is 0.416 e. The first-order valence-corrected chi connectivity index (χ1v) is 8.41. The van der Waals surface area contributed by atoms with Crippen molar-refractivity contribution in [2.45, 2.75) is 12.2 Å². The number of non-ortho nitro benzene ring substituents is 1. The van der Waals surface area contributed by atoms with E-state index in [0.717, 1.165) is 36.4 Å². The van der Waals surface area contributed by atoms with Gasteiger partial charge < -0.3 is 5.32 Å². The first kappa shape index (κ1) is 20.9. The zero-order chi connectivity index (χ0) is 21.9. The van der Waals surface area contributed by atoms with Crippen LogP contribution in [0.5, 0.6) is 0 Å². The van der Waals surface area contributed by atoms with Crippen LogP contribution >= 0.6 is 0 Å². The molecule has 2 aromatic carbocycles. The number of nitrogens with zero attached hydrogens (tertiary/aromatic N) is 2. The fourth-order valence-corrected chi connectivity index (χ4v) is 2.70. The van der Waals surface area contributed by atoms with Crippen molar-refractivity contribution in [2.75, 3.05) is 0 Å². The van der Waals surface area contributed by atoms with E-state index >= 15 is 0 Å². The van der Waals surface area contributed by atoms with Crippen LogP contribution in [0.15, 0.2) is 60.8 Å². The van der Waals surface area contributed by atoms with Crippen LogP contribution in [0.2, 0.25) is 0 Å². The third kappa shape index (κ3) is 4.59. The Morgan fingerprint density at radius 3 is 2.47 bits per heavy atom. The predicted molar refractivity (Wildman–Crippen MR) is 96.9 cm³/mol. The summed E-state index contributed by atoms with van der Waals surface area (Å²) in [6.45, 7) is 0. The van der Waals surface area contributed by atoms with Crippen molar-refractivity contribution in [3.8, 4) is 0 Å². The number of hydrogen-bond acceptors (Lipinski definition) is 4. The highest BCUT2D eigenvalue weighted by molar-refractivity contribution is 5.95. The van der Waals surface area contributed by atoms with Crippen LogP contribution in [-0.4, -0.2) is 15.8 Å². The molecule has 0 fully saturated rings. The topological polar surface area (TPSA) is 85.1 Å². The normalized spacial score (nSPS) is 12.3. The standard InChI is InChI=1S/C20H12F4N3O3/c21-16-5-2-10-25-18(16)17(12-6-8-14(9-7-12)20(22,23)24)26-19(28)13-3-1-4-15(11-13)27(29)30/h1-3,5-11,17H,(H,26,28). The van der Waals surface area contributed by atoms with Gasteiger partial charge in [0.15, 0.2) is 0 Å². The van der Waals surface area contributed by atoms with Crippen molar-refractivity contribution in [3.63, 3.8) is 0 Å². The van der Waals surface area contributed by atoms with E-state index in [1.54, 1.807) is 0 Å². The molecule has 0 bridgehead atoms. The van der Waals surface area contributed by atoms with E-state index in [-0.39, 0.29) is 16.8 Å². The third-order valence-electron chi connectivity index (χ3n) is 4.15. The SMILES string of the molecule is O=C(NC(c1ccc(C(F)(F)F)cc1)c1ncccc1F)c1cc[c]c([N+](=O)[O-])c1. The smallest absolute Gasteiger partial charge is 0.339 e. The van der Waals surface area contributed by atoms with Crippen LogP contribution in [0.4, 0.5) is 23.2 Å². The number of hydrogen-bond donors (Lipinski definition) is 1. The molecule has 0 aliphatic heterocycles. The van der Waals surface area contributed by atoms with Gasteiger partial charge in [-0.3, -0.25) is 19.9 Å². The second kappa shape index (κ2) is 8.27. The van der Waals surface area contributed by atoms with Crippen LogP contribution in [0.25, 0.3) is 0 Å². The second-order valence-corrected chi connectivity index (χ2v) is 6.12. The monoisotopic (exact) mass is 418 g/mol. The molecule has 1 unspecified atom stereocenters. The summed E-state index contributed by atoms with van der Waals surface area (Å²) in [4.78, 5) is 26.7. The molecule has 0 saturated carbocycles. The molecule has 0 spiro atoms. The summed E-state index contributed by atoms with van der Waals surface area (Å²) in [5.74, 6) is -1.59. The average Bonchev–Trinajstić information content (AvgIpc) is 2.72.